The molecular formula is C25H26N6O2. The zero-order chi connectivity index (χ0) is 22.9. The van der Waals surface area contributed by atoms with E-state index in [1.807, 2.05) is 60.1 Å². The zero-order valence-electron chi connectivity index (χ0n) is 18.7. The first-order valence-corrected chi connectivity index (χ1v) is 11.1. The molecule has 1 aliphatic rings. The zero-order valence-corrected chi connectivity index (χ0v) is 18.7. The fourth-order valence-electron chi connectivity index (χ4n) is 4.32. The van der Waals surface area contributed by atoms with Crippen molar-refractivity contribution in [2.45, 2.75) is 19.8 Å². The van der Waals surface area contributed by atoms with Gasteiger partial charge in [0, 0.05) is 55.8 Å². The third-order valence-electron chi connectivity index (χ3n) is 6.24. The van der Waals surface area contributed by atoms with Gasteiger partial charge in [-0.05, 0) is 49.6 Å². The van der Waals surface area contributed by atoms with Crippen molar-refractivity contribution in [2.75, 3.05) is 23.3 Å². The topological polar surface area (TPSA) is 84.5 Å². The van der Waals surface area contributed by atoms with Gasteiger partial charge in [-0.2, -0.15) is 5.10 Å². The normalized spacial score (nSPS) is 14.5. The maximum atomic E-state index is 12.9. The second kappa shape index (κ2) is 8.54. The Labute approximate surface area is 191 Å². The lowest BCUT2D eigenvalue weighted by Gasteiger charge is -2.32. The first-order chi connectivity index (χ1) is 16.0. The lowest BCUT2D eigenvalue weighted by molar-refractivity contribution is -0.120. The first-order valence-electron chi connectivity index (χ1n) is 11.1. The third kappa shape index (κ3) is 4.24. The molecule has 1 saturated heterocycles. The Morgan fingerprint density at radius 3 is 2.67 bits per heavy atom. The highest BCUT2D eigenvalue weighted by atomic mass is 16.2. The number of anilines is 2. The van der Waals surface area contributed by atoms with Crippen molar-refractivity contribution in [1.29, 1.82) is 0 Å². The molecule has 0 bridgehead atoms. The van der Waals surface area contributed by atoms with Crippen molar-refractivity contribution in [3.8, 4) is 11.3 Å². The van der Waals surface area contributed by atoms with Gasteiger partial charge in [0.2, 0.25) is 5.91 Å². The smallest absolute Gasteiger partial charge is 0.266 e. The number of aromatic nitrogens is 4. The van der Waals surface area contributed by atoms with Gasteiger partial charge >= 0.3 is 0 Å². The molecule has 1 aliphatic heterocycles. The fraction of sp³-hybridized carbons (Fsp3) is 0.280. The van der Waals surface area contributed by atoms with Crippen LogP contribution in [-0.2, 0) is 11.8 Å². The number of aryl methyl sites for hydroxylation is 2. The number of piperidine rings is 1. The van der Waals surface area contributed by atoms with Crippen molar-refractivity contribution < 1.29 is 4.79 Å². The molecule has 0 aliphatic carbocycles. The van der Waals surface area contributed by atoms with Gasteiger partial charge in [-0.15, -0.1) is 0 Å². The lowest BCUT2D eigenvalue weighted by atomic mass is 9.95. The van der Waals surface area contributed by atoms with E-state index in [1.54, 1.807) is 13.1 Å². The van der Waals surface area contributed by atoms with Crippen LogP contribution in [0.15, 0.2) is 65.7 Å². The predicted octanol–water partition coefficient (Wildman–Crippen LogP) is 3.26. The molecule has 0 atom stereocenters. The van der Waals surface area contributed by atoms with Crippen molar-refractivity contribution in [3.05, 3.63) is 76.8 Å². The van der Waals surface area contributed by atoms with Crippen LogP contribution < -0.4 is 15.8 Å². The van der Waals surface area contributed by atoms with Crippen molar-refractivity contribution in [1.82, 2.24) is 19.2 Å². The Morgan fingerprint density at radius 1 is 1.09 bits per heavy atom. The first kappa shape index (κ1) is 20.9. The van der Waals surface area contributed by atoms with E-state index in [1.165, 1.54) is 10.7 Å². The standard InChI is InChI=1S/C25H26N6O2/c1-17-5-4-12-31-16-21(27-24(17)31)19-6-3-7-20(15-19)26-25(33)18-10-13-30(14-11-18)22-8-9-23(32)29(2)28-22/h3-9,12,15-16,18H,10-11,13-14H2,1-2H3,(H,26,33). The number of carbonyl (C=O) groups is 1. The molecule has 1 fully saturated rings. The van der Waals surface area contributed by atoms with Crippen LogP contribution in [0.2, 0.25) is 0 Å². The van der Waals surface area contributed by atoms with Gasteiger partial charge < -0.3 is 14.6 Å². The number of imidazole rings is 1. The molecule has 0 unspecified atom stereocenters. The molecule has 33 heavy (non-hydrogen) atoms. The van der Waals surface area contributed by atoms with Gasteiger partial charge in [-0.3, -0.25) is 9.59 Å². The van der Waals surface area contributed by atoms with Crippen LogP contribution in [0.4, 0.5) is 11.5 Å². The molecule has 8 heteroatoms. The SMILES string of the molecule is Cc1cccn2cc(-c3cccc(NC(=O)C4CCN(c5ccc(=O)n(C)n5)CC4)c3)nc12. The maximum absolute atomic E-state index is 12.9. The monoisotopic (exact) mass is 442 g/mol. The minimum atomic E-state index is -0.131. The quantitative estimate of drug-likeness (QED) is 0.524. The van der Waals surface area contributed by atoms with E-state index < -0.39 is 0 Å². The van der Waals surface area contributed by atoms with Crippen molar-refractivity contribution in [2.24, 2.45) is 13.0 Å². The number of rotatable bonds is 4. The van der Waals surface area contributed by atoms with Crippen LogP contribution in [0.5, 0.6) is 0 Å². The molecule has 1 aromatic carbocycles. The van der Waals surface area contributed by atoms with Crippen LogP contribution in [-0.4, -0.2) is 38.2 Å². The molecular weight excluding hydrogens is 416 g/mol. The second-order valence-electron chi connectivity index (χ2n) is 8.53. The maximum Gasteiger partial charge on any atom is 0.266 e. The van der Waals surface area contributed by atoms with E-state index in [4.69, 9.17) is 4.98 Å². The van der Waals surface area contributed by atoms with E-state index in [2.05, 4.69) is 15.3 Å². The molecule has 5 rings (SSSR count). The Balaban J connectivity index is 1.25. The molecule has 1 amide bonds. The van der Waals surface area contributed by atoms with E-state index >= 15 is 0 Å². The number of hydrogen-bond donors (Lipinski definition) is 1. The minimum absolute atomic E-state index is 0.0334. The molecule has 0 radical (unpaired) electrons. The Bertz CT molecular complexity index is 1380. The number of nitrogens with zero attached hydrogens (tertiary/aromatic N) is 5. The van der Waals surface area contributed by atoms with E-state index in [0.29, 0.717) is 0 Å². The highest BCUT2D eigenvalue weighted by Crippen LogP contribution is 2.26. The predicted molar refractivity (Wildman–Crippen MR) is 128 cm³/mol. The third-order valence-corrected chi connectivity index (χ3v) is 6.24. The van der Waals surface area contributed by atoms with E-state index in [9.17, 15) is 9.59 Å². The average molecular weight is 443 g/mol. The average Bonchev–Trinajstić information content (AvgIpc) is 3.27. The van der Waals surface area contributed by atoms with Crippen LogP contribution in [0.25, 0.3) is 16.9 Å². The molecule has 168 valence electrons. The summed E-state index contributed by atoms with van der Waals surface area (Å²) in [5.41, 5.74) is 4.53. The summed E-state index contributed by atoms with van der Waals surface area (Å²) in [6, 6.07) is 15.1. The number of carbonyl (C=O) groups excluding carboxylic acids is 1. The fourth-order valence-corrected chi connectivity index (χ4v) is 4.32. The highest BCUT2D eigenvalue weighted by Gasteiger charge is 2.26. The summed E-state index contributed by atoms with van der Waals surface area (Å²) < 4.78 is 3.36. The molecule has 8 nitrogen and oxygen atoms in total. The van der Waals surface area contributed by atoms with Crippen LogP contribution in [0.3, 0.4) is 0 Å². The van der Waals surface area contributed by atoms with Gasteiger partial charge in [0.15, 0.2) is 0 Å². The second-order valence-corrected chi connectivity index (χ2v) is 8.53. The van der Waals surface area contributed by atoms with E-state index in [-0.39, 0.29) is 17.4 Å². The molecule has 0 spiro atoms. The summed E-state index contributed by atoms with van der Waals surface area (Å²) in [4.78, 5) is 31.4. The molecule has 0 saturated carbocycles. The molecule has 4 aromatic rings. The summed E-state index contributed by atoms with van der Waals surface area (Å²) in [6.45, 7) is 3.50. The van der Waals surface area contributed by atoms with Gasteiger partial charge in [0.25, 0.3) is 5.56 Å². The van der Waals surface area contributed by atoms with Gasteiger partial charge in [-0.1, -0.05) is 18.2 Å². The van der Waals surface area contributed by atoms with E-state index in [0.717, 1.165) is 59.9 Å². The number of amides is 1. The van der Waals surface area contributed by atoms with Gasteiger partial charge in [0.1, 0.15) is 11.5 Å². The lowest BCUT2D eigenvalue weighted by Crippen LogP contribution is -2.39. The number of hydrogen-bond acceptors (Lipinski definition) is 5. The number of pyridine rings is 1. The Kier molecular flexibility index (Phi) is 5.42. The van der Waals surface area contributed by atoms with Gasteiger partial charge in [-0.25, -0.2) is 9.67 Å². The largest absolute Gasteiger partial charge is 0.355 e. The highest BCUT2D eigenvalue weighted by molar-refractivity contribution is 5.93. The van der Waals surface area contributed by atoms with Crippen LogP contribution in [0.1, 0.15) is 18.4 Å². The van der Waals surface area contributed by atoms with Crippen LogP contribution >= 0.6 is 0 Å². The Morgan fingerprint density at radius 2 is 1.91 bits per heavy atom. The summed E-state index contributed by atoms with van der Waals surface area (Å²) in [7, 11) is 1.65. The summed E-state index contributed by atoms with van der Waals surface area (Å²) in [5, 5.41) is 7.40. The van der Waals surface area contributed by atoms with Crippen molar-refractivity contribution >= 4 is 23.1 Å². The summed E-state index contributed by atoms with van der Waals surface area (Å²) in [5.74, 6) is 0.743. The Hall–Kier alpha value is -3.94. The summed E-state index contributed by atoms with van der Waals surface area (Å²) >= 11 is 0. The molecule has 3 aromatic heterocycles. The molecule has 1 N–H and O–H groups in total. The number of benzene rings is 1. The molecule has 4 heterocycles. The minimum Gasteiger partial charge on any atom is -0.355 e. The van der Waals surface area contributed by atoms with Gasteiger partial charge in [0.05, 0.1) is 5.69 Å². The van der Waals surface area contributed by atoms with Crippen molar-refractivity contribution in [3.63, 3.8) is 0 Å². The van der Waals surface area contributed by atoms with Crippen LogP contribution in [0, 0.1) is 12.8 Å². The summed E-state index contributed by atoms with van der Waals surface area (Å²) in [6.07, 6.45) is 5.47. The number of nitrogens with one attached hydrogen (secondary N) is 1. The number of fused-ring (bicyclic) bond motifs is 1.